The zero-order valence-electron chi connectivity index (χ0n) is 18.4. The lowest BCUT2D eigenvalue weighted by Crippen LogP contribution is -2.49. The number of carbonyl (C=O) groups is 2. The predicted molar refractivity (Wildman–Crippen MR) is 119 cm³/mol. The fraction of sp³-hybridized carbons (Fsp3) is 0.520. The molecule has 2 amide bonds. The van der Waals surface area contributed by atoms with Gasteiger partial charge in [0.25, 0.3) is 5.91 Å². The van der Waals surface area contributed by atoms with Gasteiger partial charge in [0.2, 0.25) is 5.91 Å². The van der Waals surface area contributed by atoms with Crippen LogP contribution in [0.15, 0.2) is 48.9 Å². The van der Waals surface area contributed by atoms with Crippen molar-refractivity contribution in [3.05, 3.63) is 60.2 Å². The van der Waals surface area contributed by atoms with Gasteiger partial charge in [-0.15, -0.1) is 0 Å². The van der Waals surface area contributed by atoms with E-state index in [2.05, 4.69) is 46.1 Å². The molecular weight excluding hydrogens is 388 g/mol. The third kappa shape index (κ3) is 4.78. The van der Waals surface area contributed by atoms with Crippen molar-refractivity contribution >= 4 is 11.8 Å². The Morgan fingerprint density at radius 1 is 1.10 bits per heavy atom. The fourth-order valence-corrected chi connectivity index (χ4v) is 5.16. The zero-order chi connectivity index (χ0) is 21.7. The number of amides is 2. The Kier molecular flexibility index (Phi) is 6.64. The van der Waals surface area contributed by atoms with Crippen LogP contribution in [0.2, 0.25) is 0 Å². The molecule has 31 heavy (non-hydrogen) atoms. The lowest BCUT2D eigenvalue weighted by molar-refractivity contribution is -0.144. The van der Waals surface area contributed by atoms with Crippen molar-refractivity contribution in [2.24, 2.45) is 11.3 Å². The van der Waals surface area contributed by atoms with E-state index in [1.807, 2.05) is 11.0 Å². The van der Waals surface area contributed by atoms with Crippen molar-refractivity contribution in [3.63, 3.8) is 0 Å². The number of likely N-dealkylation sites (tertiary alicyclic amines) is 2. The van der Waals surface area contributed by atoms with Crippen molar-refractivity contribution in [2.45, 2.75) is 45.4 Å². The minimum atomic E-state index is -0.338. The van der Waals surface area contributed by atoms with Gasteiger partial charge in [-0.05, 0) is 43.6 Å². The van der Waals surface area contributed by atoms with Gasteiger partial charge in [0.1, 0.15) is 5.69 Å². The number of nitrogens with zero attached hydrogens (tertiary/aromatic N) is 4. The average molecular weight is 421 g/mol. The largest absolute Gasteiger partial charge is 0.342 e. The van der Waals surface area contributed by atoms with Gasteiger partial charge in [0.15, 0.2) is 0 Å². The Labute approximate surface area is 184 Å². The molecule has 4 rings (SSSR count). The predicted octanol–water partition coefficient (Wildman–Crippen LogP) is 3.59. The second-order valence-corrected chi connectivity index (χ2v) is 9.06. The van der Waals surface area contributed by atoms with Gasteiger partial charge in [0.05, 0.1) is 6.20 Å². The van der Waals surface area contributed by atoms with Gasteiger partial charge in [-0.2, -0.15) is 0 Å². The standard InChI is InChI=1S/C25H32N4O2/c1-25(21-10-17-28(18-11-21)23(30)22-19-26-13-14-27-22)12-5-6-15-29(24(25)31)16-9-20-7-3-2-4-8-20/h2-4,7-8,13-14,19,21H,5-6,9-12,15-18H2,1H3/t25-/m0/s1. The van der Waals surface area contributed by atoms with Crippen LogP contribution in [0.4, 0.5) is 0 Å². The summed E-state index contributed by atoms with van der Waals surface area (Å²) < 4.78 is 0. The van der Waals surface area contributed by atoms with E-state index in [1.54, 1.807) is 12.4 Å². The van der Waals surface area contributed by atoms with Crippen LogP contribution in [0.1, 0.15) is 55.1 Å². The molecule has 0 spiro atoms. The summed E-state index contributed by atoms with van der Waals surface area (Å²) in [6.07, 6.45) is 10.4. The molecule has 164 valence electrons. The van der Waals surface area contributed by atoms with E-state index in [0.29, 0.717) is 30.6 Å². The van der Waals surface area contributed by atoms with Crippen LogP contribution in [0.5, 0.6) is 0 Å². The summed E-state index contributed by atoms with van der Waals surface area (Å²) in [5, 5.41) is 0. The molecule has 0 saturated carbocycles. The summed E-state index contributed by atoms with van der Waals surface area (Å²) >= 11 is 0. The quantitative estimate of drug-likeness (QED) is 0.741. The van der Waals surface area contributed by atoms with Crippen LogP contribution in [-0.4, -0.2) is 57.8 Å². The van der Waals surface area contributed by atoms with Crippen LogP contribution in [0.3, 0.4) is 0 Å². The second kappa shape index (κ2) is 9.58. The maximum atomic E-state index is 13.7. The molecule has 2 aromatic rings. The molecular formula is C25H32N4O2. The van der Waals surface area contributed by atoms with Crippen LogP contribution in [0.25, 0.3) is 0 Å². The molecule has 1 aromatic heterocycles. The Morgan fingerprint density at radius 2 is 1.87 bits per heavy atom. The number of benzene rings is 1. The third-order valence-corrected chi connectivity index (χ3v) is 7.13. The summed E-state index contributed by atoms with van der Waals surface area (Å²) in [4.78, 5) is 38.5. The van der Waals surface area contributed by atoms with E-state index >= 15 is 0 Å². The summed E-state index contributed by atoms with van der Waals surface area (Å²) in [5.74, 6) is 0.552. The smallest absolute Gasteiger partial charge is 0.274 e. The first-order valence-electron chi connectivity index (χ1n) is 11.5. The van der Waals surface area contributed by atoms with Crippen molar-refractivity contribution in [1.29, 1.82) is 0 Å². The average Bonchev–Trinajstić information content (AvgIpc) is 2.97. The minimum absolute atomic E-state index is 0.0617. The molecule has 1 atom stereocenters. The lowest BCUT2D eigenvalue weighted by Gasteiger charge is -2.42. The summed E-state index contributed by atoms with van der Waals surface area (Å²) in [6.45, 7) is 5.15. The number of hydrogen-bond acceptors (Lipinski definition) is 4. The second-order valence-electron chi connectivity index (χ2n) is 9.06. The molecule has 2 fully saturated rings. The van der Waals surface area contributed by atoms with Crippen molar-refractivity contribution in [2.75, 3.05) is 26.2 Å². The van der Waals surface area contributed by atoms with Gasteiger partial charge in [-0.25, -0.2) is 4.98 Å². The molecule has 0 aliphatic carbocycles. The monoisotopic (exact) mass is 420 g/mol. The number of aromatic nitrogens is 2. The van der Waals surface area contributed by atoms with E-state index in [0.717, 1.165) is 51.6 Å². The molecule has 2 aliphatic heterocycles. The summed E-state index contributed by atoms with van der Waals surface area (Å²) in [7, 11) is 0. The van der Waals surface area contributed by atoms with E-state index in [4.69, 9.17) is 0 Å². The van der Waals surface area contributed by atoms with Gasteiger partial charge in [-0.1, -0.05) is 43.7 Å². The minimum Gasteiger partial charge on any atom is -0.342 e. The molecule has 0 radical (unpaired) electrons. The molecule has 2 aliphatic rings. The van der Waals surface area contributed by atoms with Gasteiger partial charge < -0.3 is 9.80 Å². The fourth-order valence-electron chi connectivity index (χ4n) is 5.16. The van der Waals surface area contributed by atoms with E-state index in [-0.39, 0.29) is 11.3 Å². The maximum Gasteiger partial charge on any atom is 0.274 e. The number of hydrogen-bond donors (Lipinski definition) is 0. The molecule has 0 unspecified atom stereocenters. The van der Waals surface area contributed by atoms with Crippen LogP contribution >= 0.6 is 0 Å². The van der Waals surface area contributed by atoms with Crippen molar-refractivity contribution < 1.29 is 9.59 Å². The first-order chi connectivity index (χ1) is 15.1. The molecule has 2 saturated heterocycles. The summed E-state index contributed by atoms with van der Waals surface area (Å²) in [5.41, 5.74) is 1.33. The highest BCUT2D eigenvalue weighted by molar-refractivity contribution is 5.92. The van der Waals surface area contributed by atoms with Gasteiger partial charge >= 0.3 is 0 Å². The lowest BCUT2D eigenvalue weighted by atomic mass is 9.69. The number of carbonyl (C=O) groups excluding carboxylic acids is 2. The molecule has 6 heteroatoms. The molecule has 0 bridgehead atoms. The topological polar surface area (TPSA) is 66.4 Å². The molecule has 3 heterocycles. The van der Waals surface area contributed by atoms with Crippen molar-refractivity contribution in [3.8, 4) is 0 Å². The number of piperidine rings is 1. The SMILES string of the molecule is C[C@@]1(C2CCN(C(=O)c3cnccn3)CC2)CCCCN(CCc2ccccc2)C1=O. The highest BCUT2D eigenvalue weighted by atomic mass is 16.2. The zero-order valence-corrected chi connectivity index (χ0v) is 18.4. The van der Waals surface area contributed by atoms with Crippen molar-refractivity contribution in [1.82, 2.24) is 19.8 Å². The van der Waals surface area contributed by atoms with Crippen LogP contribution in [0, 0.1) is 11.3 Å². The van der Waals surface area contributed by atoms with E-state index < -0.39 is 0 Å². The first-order valence-corrected chi connectivity index (χ1v) is 11.5. The maximum absolute atomic E-state index is 13.7. The normalized spacial score (nSPS) is 22.9. The Bertz CT molecular complexity index is 881. The highest BCUT2D eigenvalue weighted by Crippen LogP contribution is 2.42. The van der Waals surface area contributed by atoms with Gasteiger partial charge in [-0.3, -0.25) is 14.6 Å². The van der Waals surface area contributed by atoms with Crippen LogP contribution < -0.4 is 0 Å². The van der Waals surface area contributed by atoms with E-state index in [1.165, 1.54) is 11.8 Å². The van der Waals surface area contributed by atoms with Gasteiger partial charge in [0, 0.05) is 44.0 Å². The van der Waals surface area contributed by atoms with E-state index in [9.17, 15) is 9.59 Å². The molecule has 0 N–H and O–H groups in total. The highest BCUT2D eigenvalue weighted by Gasteiger charge is 2.45. The number of rotatable bonds is 5. The Morgan fingerprint density at radius 3 is 2.58 bits per heavy atom. The third-order valence-electron chi connectivity index (χ3n) is 7.13. The summed E-state index contributed by atoms with van der Waals surface area (Å²) in [6, 6.07) is 10.4. The Balaban J connectivity index is 1.39. The molecule has 1 aromatic carbocycles. The Hall–Kier alpha value is -2.76. The first kappa shape index (κ1) is 21.5. The molecule has 6 nitrogen and oxygen atoms in total. The van der Waals surface area contributed by atoms with Crippen LogP contribution in [-0.2, 0) is 11.2 Å².